The SMILES string of the molecule is CCOC(=O)Cc1csc(NC(=O)CCSc2nc(CC(C)C)ccc2C#N)n1. The van der Waals surface area contributed by atoms with Gasteiger partial charge in [-0.25, -0.2) is 9.97 Å². The molecule has 0 radical (unpaired) electrons. The van der Waals surface area contributed by atoms with E-state index in [9.17, 15) is 14.9 Å². The van der Waals surface area contributed by atoms with Crippen LogP contribution in [0.3, 0.4) is 0 Å². The molecule has 0 aliphatic heterocycles. The van der Waals surface area contributed by atoms with Gasteiger partial charge in [0, 0.05) is 23.2 Å². The molecule has 29 heavy (non-hydrogen) atoms. The number of thiazole rings is 1. The van der Waals surface area contributed by atoms with Gasteiger partial charge in [0.25, 0.3) is 0 Å². The average molecular weight is 433 g/mol. The number of hydrogen-bond donors (Lipinski definition) is 1. The lowest BCUT2D eigenvalue weighted by Gasteiger charge is -2.08. The second-order valence-electron chi connectivity index (χ2n) is 6.64. The van der Waals surface area contributed by atoms with Crippen LogP contribution in [-0.2, 0) is 27.2 Å². The summed E-state index contributed by atoms with van der Waals surface area (Å²) in [4.78, 5) is 32.4. The fourth-order valence-corrected chi connectivity index (χ4v) is 4.09. The van der Waals surface area contributed by atoms with Crippen molar-refractivity contribution in [2.24, 2.45) is 5.92 Å². The highest BCUT2D eigenvalue weighted by Crippen LogP contribution is 2.23. The Kier molecular flexibility index (Phi) is 9.09. The molecule has 2 heterocycles. The van der Waals surface area contributed by atoms with Crippen LogP contribution in [0.15, 0.2) is 22.5 Å². The van der Waals surface area contributed by atoms with E-state index in [4.69, 9.17) is 4.74 Å². The smallest absolute Gasteiger partial charge is 0.311 e. The van der Waals surface area contributed by atoms with Crippen molar-refractivity contribution in [3.8, 4) is 6.07 Å². The highest BCUT2D eigenvalue weighted by Gasteiger charge is 2.12. The van der Waals surface area contributed by atoms with Gasteiger partial charge >= 0.3 is 5.97 Å². The third-order valence-corrected chi connectivity index (χ3v) is 5.45. The lowest BCUT2D eigenvalue weighted by molar-refractivity contribution is -0.142. The summed E-state index contributed by atoms with van der Waals surface area (Å²) in [7, 11) is 0. The lowest BCUT2D eigenvalue weighted by atomic mass is 10.1. The Balaban J connectivity index is 1.85. The van der Waals surface area contributed by atoms with E-state index in [0.29, 0.717) is 39.7 Å². The second kappa shape index (κ2) is 11.5. The average Bonchev–Trinajstić information content (AvgIpc) is 3.08. The maximum Gasteiger partial charge on any atom is 0.311 e. The van der Waals surface area contributed by atoms with Crippen LogP contribution in [0.2, 0.25) is 0 Å². The maximum absolute atomic E-state index is 12.2. The standard InChI is InChI=1S/C20H24N4O3S2/c1-4-27-18(26)10-16-12-29-20(23-16)24-17(25)7-8-28-19-14(11-21)5-6-15(22-19)9-13(2)3/h5-6,12-13H,4,7-10H2,1-3H3,(H,23,24,25). The number of hydrogen-bond acceptors (Lipinski definition) is 8. The number of carbonyl (C=O) groups excluding carboxylic acids is 2. The summed E-state index contributed by atoms with van der Waals surface area (Å²) < 4.78 is 4.89. The maximum atomic E-state index is 12.2. The number of amides is 1. The van der Waals surface area contributed by atoms with Crippen LogP contribution in [0.25, 0.3) is 0 Å². The number of nitriles is 1. The number of carbonyl (C=O) groups is 2. The zero-order valence-electron chi connectivity index (χ0n) is 16.7. The topological polar surface area (TPSA) is 105 Å². The van der Waals surface area contributed by atoms with Crippen molar-refractivity contribution in [2.75, 3.05) is 17.7 Å². The Morgan fingerprint density at radius 2 is 2.10 bits per heavy atom. The molecule has 0 saturated heterocycles. The van der Waals surface area contributed by atoms with E-state index < -0.39 is 0 Å². The molecule has 9 heteroatoms. The van der Waals surface area contributed by atoms with Crippen molar-refractivity contribution in [2.45, 2.75) is 45.1 Å². The van der Waals surface area contributed by atoms with E-state index >= 15 is 0 Å². The molecule has 1 amide bonds. The van der Waals surface area contributed by atoms with E-state index in [2.05, 4.69) is 35.2 Å². The van der Waals surface area contributed by atoms with Gasteiger partial charge in [-0.2, -0.15) is 5.26 Å². The minimum Gasteiger partial charge on any atom is -0.466 e. The van der Waals surface area contributed by atoms with E-state index in [0.717, 1.165) is 12.1 Å². The summed E-state index contributed by atoms with van der Waals surface area (Å²) in [5.74, 6) is 0.463. The van der Waals surface area contributed by atoms with E-state index in [1.165, 1.54) is 23.1 Å². The van der Waals surface area contributed by atoms with Crippen molar-refractivity contribution in [1.29, 1.82) is 5.26 Å². The molecule has 154 valence electrons. The van der Waals surface area contributed by atoms with Crippen LogP contribution in [-0.4, -0.2) is 34.2 Å². The van der Waals surface area contributed by atoms with E-state index in [1.807, 2.05) is 6.07 Å². The van der Waals surface area contributed by atoms with Gasteiger partial charge in [0.1, 0.15) is 11.1 Å². The number of nitrogens with zero attached hydrogens (tertiary/aromatic N) is 3. The number of aromatic nitrogens is 2. The number of nitrogens with one attached hydrogen (secondary N) is 1. The van der Waals surface area contributed by atoms with Gasteiger partial charge < -0.3 is 10.1 Å². The van der Waals surface area contributed by atoms with Crippen LogP contribution < -0.4 is 5.32 Å². The summed E-state index contributed by atoms with van der Waals surface area (Å²) in [6, 6.07) is 5.82. The fraction of sp³-hybridized carbons (Fsp3) is 0.450. The summed E-state index contributed by atoms with van der Waals surface area (Å²) in [5, 5.41) is 14.8. The van der Waals surface area contributed by atoms with Gasteiger partial charge in [-0.1, -0.05) is 13.8 Å². The molecule has 7 nitrogen and oxygen atoms in total. The molecular weight excluding hydrogens is 408 g/mol. The number of thioether (sulfide) groups is 1. The molecule has 0 aromatic carbocycles. The van der Waals surface area contributed by atoms with Crippen molar-refractivity contribution in [1.82, 2.24) is 9.97 Å². The molecule has 0 spiro atoms. The van der Waals surface area contributed by atoms with Crippen molar-refractivity contribution < 1.29 is 14.3 Å². The zero-order valence-corrected chi connectivity index (χ0v) is 18.4. The monoisotopic (exact) mass is 432 g/mol. The third kappa shape index (κ3) is 7.83. The summed E-state index contributed by atoms with van der Waals surface area (Å²) in [6.45, 7) is 6.31. The van der Waals surface area contributed by atoms with Gasteiger partial charge in [-0.15, -0.1) is 23.1 Å². The minimum atomic E-state index is -0.340. The van der Waals surface area contributed by atoms with Crippen molar-refractivity contribution in [3.05, 3.63) is 34.5 Å². The molecule has 0 aliphatic carbocycles. The van der Waals surface area contributed by atoms with Crippen LogP contribution in [0.5, 0.6) is 0 Å². The van der Waals surface area contributed by atoms with Crippen molar-refractivity contribution in [3.63, 3.8) is 0 Å². The normalized spacial score (nSPS) is 10.6. The molecule has 0 unspecified atom stereocenters. The highest BCUT2D eigenvalue weighted by atomic mass is 32.2. The van der Waals surface area contributed by atoms with Crippen LogP contribution >= 0.6 is 23.1 Å². The molecule has 0 fully saturated rings. The Labute approximate surface area is 178 Å². The fourth-order valence-electron chi connectivity index (χ4n) is 2.43. The van der Waals surface area contributed by atoms with Gasteiger partial charge in [0.15, 0.2) is 5.13 Å². The van der Waals surface area contributed by atoms with Crippen LogP contribution in [0.4, 0.5) is 5.13 Å². The Bertz CT molecular complexity index is 890. The number of rotatable bonds is 10. The first kappa shape index (κ1) is 22.8. The second-order valence-corrected chi connectivity index (χ2v) is 8.58. The van der Waals surface area contributed by atoms with Crippen LogP contribution in [0.1, 0.15) is 44.1 Å². The summed E-state index contributed by atoms with van der Waals surface area (Å²) >= 11 is 2.67. The molecule has 0 saturated carbocycles. The summed E-state index contributed by atoms with van der Waals surface area (Å²) in [5.41, 5.74) is 2.04. The number of anilines is 1. The molecule has 2 aromatic heterocycles. The van der Waals surface area contributed by atoms with Gasteiger partial charge in [-0.3, -0.25) is 9.59 Å². The largest absolute Gasteiger partial charge is 0.466 e. The Morgan fingerprint density at radius 3 is 2.79 bits per heavy atom. The van der Waals surface area contributed by atoms with Gasteiger partial charge in [0.2, 0.25) is 5.91 Å². The predicted octanol–water partition coefficient (Wildman–Crippen LogP) is 3.83. The van der Waals surface area contributed by atoms with Crippen molar-refractivity contribution >= 4 is 40.1 Å². The molecule has 2 rings (SSSR count). The molecule has 0 bridgehead atoms. The Morgan fingerprint density at radius 1 is 1.31 bits per heavy atom. The minimum absolute atomic E-state index is 0.0887. The molecular formula is C20H24N4O3S2. The number of ether oxygens (including phenoxy) is 1. The lowest BCUT2D eigenvalue weighted by Crippen LogP contribution is -2.12. The first-order valence-corrected chi connectivity index (χ1v) is 11.2. The third-order valence-electron chi connectivity index (χ3n) is 3.65. The first-order valence-electron chi connectivity index (χ1n) is 9.34. The van der Waals surface area contributed by atoms with Gasteiger partial charge in [-0.05, 0) is 31.4 Å². The molecule has 0 aliphatic rings. The van der Waals surface area contributed by atoms with Crippen LogP contribution in [0, 0.1) is 17.2 Å². The van der Waals surface area contributed by atoms with Gasteiger partial charge in [0.05, 0.1) is 24.3 Å². The molecule has 2 aromatic rings. The first-order chi connectivity index (χ1) is 13.9. The summed E-state index contributed by atoms with van der Waals surface area (Å²) in [6.07, 6.45) is 1.20. The number of pyridine rings is 1. The quantitative estimate of drug-likeness (QED) is 0.449. The zero-order chi connectivity index (χ0) is 21.2. The molecule has 0 atom stereocenters. The highest BCUT2D eigenvalue weighted by molar-refractivity contribution is 7.99. The molecule has 1 N–H and O–H groups in total. The van der Waals surface area contributed by atoms with E-state index in [-0.39, 0.29) is 24.7 Å². The number of esters is 1. The Hall–Kier alpha value is -2.44. The van der Waals surface area contributed by atoms with E-state index in [1.54, 1.807) is 18.4 Å². The predicted molar refractivity (Wildman–Crippen MR) is 114 cm³/mol.